The van der Waals surface area contributed by atoms with Crippen LogP contribution >= 0.6 is 11.6 Å². The van der Waals surface area contributed by atoms with Gasteiger partial charge in [0, 0.05) is 31.3 Å². The van der Waals surface area contributed by atoms with Crippen molar-refractivity contribution in [2.24, 2.45) is 0 Å². The van der Waals surface area contributed by atoms with Gasteiger partial charge in [-0.2, -0.15) is 0 Å². The summed E-state index contributed by atoms with van der Waals surface area (Å²) in [6.45, 7) is 2.48. The SMILES string of the molecule is COCCOc1ccc(CNCc2cc(OC)c(OC)cc2Cl)cc1. The van der Waals surface area contributed by atoms with E-state index in [4.69, 9.17) is 30.5 Å². The van der Waals surface area contributed by atoms with Crippen molar-refractivity contribution in [3.05, 3.63) is 52.5 Å². The highest BCUT2D eigenvalue weighted by Crippen LogP contribution is 2.33. The Balaban J connectivity index is 1.88. The van der Waals surface area contributed by atoms with E-state index in [2.05, 4.69) is 5.32 Å². The van der Waals surface area contributed by atoms with Crippen molar-refractivity contribution in [1.82, 2.24) is 5.32 Å². The summed E-state index contributed by atoms with van der Waals surface area (Å²) >= 11 is 6.30. The van der Waals surface area contributed by atoms with Crippen LogP contribution in [0, 0.1) is 0 Å². The molecular weight excluding hydrogens is 342 g/mol. The van der Waals surface area contributed by atoms with Gasteiger partial charge in [0.2, 0.25) is 0 Å². The standard InChI is InChI=1S/C19H24ClNO4/c1-22-8-9-25-16-6-4-14(5-7-16)12-21-13-15-10-18(23-2)19(24-3)11-17(15)20/h4-7,10-11,21H,8-9,12-13H2,1-3H3. The second-order valence-corrected chi connectivity index (χ2v) is 5.79. The molecule has 0 fully saturated rings. The molecule has 2 aromatic carbocycles. The minimum absolute atomic E-state index is 0.548. The Kier molecular flexibility index (Phi) is 7.85. The number of hydrogen-bond acceptors (Lipinski definition) is 5. The maximum Gasteiger partial charge on any atom is 0.162 e. The van der Waals surface area contributed by atoms with Crippen LogP contribution in [0.15, 0.2) is 36.4 Å². The van der Waals surface area contributed by atoms with Crippen LogP contribution in [0.3, 0.4) is 0 Å². The van der Waals surface area contributed by atoms with Crippen LogP contribution in [-0.4, -0.2) is 34.5 Å². The van der Waals surface area contributed by atoms with Gasteiger partial charge < -0.3 is 24.3 Å². The van der Waals surface area contributed by atoms with Crippen molar-refractivity contribution in [2.75, 3.05) is 34.5 Å². The second-order valence-electron chi connectivity index (χ2n) is 5.39. The van der Waals surface area contributed by atoms with Gasteiger partial charge >= 0.3 is 0 Å². The molecule has 0 bridgehead atoms. The molecule has 5 nitrogen and oxygen atoms in total. The summed E-state index contributed by atoms with van der Waals surface area (Å²) in [6.07, 6.45) is 0. The minimum atomic E-state index is 0.548. The average Bonchev–Trinajstić information content (AvgIpc) is 2.64. The Morgan fingerprint density at radius 1 is 0.880 bits per heavy atom. The van der Waals surface area contributed by atoms with Gasteiger partial charge in [0.25, 0.3) is 0 Å². The van der Waals surface area contributed by atoms with E-state index >= 15 is 0 Å². The van der Waals surface area contributed by atoms with E-state index in [1.54, 1.807) is 27.4 Å². The Labute approximate surface area is 153 Å². The molecule has 0 radical (unpaired) electrons. The van der Waals surface area contributed by atoms with Crippen LogP contribution in [0.5, 0.6) is 17.2 Å². The lowest BCUT2D eigenvalue weighted by Gasteiger charge is -2.12. The number of benzene rings is 2. The molecule has 0 heterocycles. The van der Waals surface area contributed by atoms with E-state index in [1.807, 2.05) is 30.3 Å². The van der Waals surface area contributed by atoms with E-state index in [9.17, 15) is 0 Å². The first-order valence-corrected chi connectivity index (χ1v) is 8.37. The fourth-order valence-electron chi connectivity index (χ4n) is 2.32. The Morgan fingerprint density at radius 3 is 2.20 bits per heavy atom. The highest BCUT2D eigenvalue weighted by atomic mass is 35.5. The molecule has 0 unspecified atom stereocenters. The fraction of sp³-hybridized carbons (Fsp3) is 0.368. The van der Waals surface area contributed by atoms with Crippen LogP contribution in [0.25, 0.3) is 0 Å². The Bertz CT molecular complexity index is 661. The summed E-state index contributed by atoms with van der Waals surface area (Å²) in [5, 5.41) is 4.02. The monoisotopic (exact) mass is 365 g/mol. The number of hydrogen-bond donors (Lipinski definition) is 1. The van der Waals surface area contributed by atoms with Crippen molar-refractivity contribution in [2.45, 2.75) is 13.1 Å². The molecule has 0 saturated carbocycles. The van der Waals surface area contributed by atoms with E-state index in [1.165, 1.54) is 0 Å². The van der Waals surface area contributed by atoms with Crippen LogP contribution in [0.4, 0.5) is 0 Å². The van der Waals surface area contributed by atoms with Crippen LogP contribution in [0.2, 0.25) is 5.02 Å². The second kappa shape index (κ2) is 10.1. The molecule has 0 aliphatic heterocycles. The average molecular weight is 366 g/mol. The molecule has 0 aliphatic carbocycles. The maximum atomic E-state index is 6.30. The van der Waals surface area contributed by atoms with Gasteiger partial charge in [-0.3, -0.25) is 0 Å². The summed E-state index contributed by atoms with van der Waals surface area (Å²) in [5.74, 6) is 2.13. The van der Waals surface area contributed by atoms with Crippen LogP contribution in [0.1, 0.15) is 11.1 Å². The van der Waals surface area contributed by atoms with Crippen molar-refractivity contribution < 1.29 is 18.9 Å². The van der Waals surface area contributed by atoms with E-state index in [0.717, 1.165) is 23.4 Å². The summed E-state index contributed by atoms with van der Waals surface area (Å²) in [6, 6.07) is 11.6. The van der Waals surface area contributed by atoms with E-state index in [-0.39, 0.29) is 0 Å². The predicted molar refractivity (Wildman–Crippen MR) is 98.9 cm³/mol. The first-order chi connectivity index (χ1) is 12.2. The Morgan fingerprint density at radius 2 is 1.56 bits per heavy atom. The molecule has 0 aromatic heterocycles. The summed E-state index contributed by atoms with van der Waals surface area (Å²) in [4.78, 5) is 0. The molecule has 0 saturated heterocycles. The quantitative estimate of drug-likeness (QED) is 0.651. The van der Waals surface area contributed by atoms with Crippen LogP contribution in [-0.2, 0) is 17.8 Å². The van der Waals surface area contributed by atoms with Crippen molar-refractivity contribution in [3.63, 3.8) is 0 Å². The highest BCUT2D eigenvalue weighted by Gasteiger charge is 2.09. The molecule has 0 amide bonds. The fourth-order valence-corrected chi connectivity index (χ4v) is 2.54. The van der Waals surface area contributed by atoms with Gasteiger partial charge in [0.15, 0.2) is 11.5 Å². The number of halogens is 1. The van der Waals surface area contributed by atoms with Gasteiger partial charge in [-0.05, 0) is 29.3 Å². The maximum absolute atomic E-state index is 6.30. The highest BCUT2D eigenvalue weighted by molar-refractivity contribution is 6.31. The summed E-state index contributed by atoms with van der Waals surface area (Å²) in [7, 11) is 4.86. The first-order valence-electron chi connectivity index (χ1n) is 7.99. The lowest BCUT2D eigenvalue weighted by Crippen LogP contribution is -2.13. The van der Waals surface area contributed by atoms with Crippen LogP contribution < -0.4 is 19.5 Å². The molecular formula is C19H24ClNO4. The van der Waals surface area contributed by atoms with Gasteiger partial charge in [-0.1, -0.05) is 23.7 Å². The third-order valence-electron chi connectivity index (χ3n) is 3.68. The summed E-state index contributed by atoms with van der Waals surface area (Å²) in [5.41, 5.74) is 2.12. The third kappa shape index (κ3) is 5.81. The van der Waals surface area contributed by atoms with Crippen molar-refractivity contribution in [1.29, 1.82) is 0 Å². The molecule has 1 N–H and O–H groups in total. The van der Waals surface area contributed by atoms with Gasteiger partial charge in [0.05, 0.1) is 20.8 Å². The molecule has 25 heavy (non-hydrogen) atoms. The number of rotatable bonds is 10. The normalized spacial score (nSPS) is 10.6. The zero-order valence-corrected chi connectivity index (χ0v) is 15.6. The molecule has 2 aromatic rings. The van der Waals surface area contributed by atoms with E-state index in [0.29, 0.717) is 36.3 Å². The minimum Gasteiger partial charge on any atom is -0.493 e. The Hall–Kier alpha value is -1.95. The lowest BCUT2D eigenvalue weighted by molar-refractivity contribution is 0.146. The third-order valence-corrected chi connectivity index (χ3v) is 4.03. The summed E-state index contributed by atoms with van der Waals surface area (Å²) < 4.78 is 21.1. The molecule has 0 spiro atoms. The molecule has 0 atom stereocenters. The van der Waals surface area contributed by atoms with Gasteiger partial charge in [0.1, 0.15) is 12.4 Å². The topological polar surface area (TPSA) is 49.0 Å². The molecule has 6 heteroatoms. The first kappa shape index (κ1) is 19.4. The van der Waals surface area contributed by atoms with Gasteiger partial charge in [-0.15, -0.1) is 0 Å². The predicted octanol–water partition coefficient (Wildman–Crippen LogP) is 3.67. The lowest BCUT2D eigenvalue weighted by atomic mass is 10.1. The van der Waals surface area contributed by atoms with Gasteiger partial charge in [-0.25, -0.2) is 0 Å². The number of ether oxygens (including phenoxy) is 4. The number of methoxy groups -OCH3 is 3. The molecule has 136 valence electrons. The van der Waals surface area contributed by atoms with E-state index < -0.39 is 0 Å². The molecule has 0 aliphatic rings. The van der Waals surface area contributed by atoms with Crippen molar-refractivity contribution in [3.8, 4) is 17.2 Å². The zero-order chi connectivity index (χ0) is 18.1. The smallest absolute Gasteiger partial charge is 0.162 e. The number of nitrogens with one attached hydrogen (secondary N) is 1. The van der Waals surface area contributed by atoms with Crippen molar-refractivity contribution >= 4 is 11.6 Å². The zero-order valence-electron chi connectivity index (χ0n) is 14.8. The molecule has 2 rings (SSSR count). The largest absolute Gasteiger partial charge is 0.493 e.